The van der Waals surface area contributed by atoms with Crippen LogP contribution in [-0.2, 0) is 6.54 Å². The van der Waals surface area contributed by atoms with E-state index in [-0.39, 0.29) is 11.7 Å². The van der Waals surface area contributed by atoms with Gasteiger partial charge in [-0.15, -0.1) is 0 Å². The van der Waals surface area contributed by atoms with Crippen molar-refractivity contribution in [1.82, 2.24) is 20.0 Å². The van der Waals surface area contributed by atoms with Crippen LogP contribution in [0.3, 0.4) is 0 Å². The van der Waals surface area contributed by atoms with Gasteiger partial charge in [0, 0.05) is 16.8 Å². The molecule has 0 atom stereocenters. The van der Waals surface area contributed by atoms with Crippen LogP contribution in [0.4, 0.5) is 10.1 Å². The van der Waals surface area contributed by atoms with Crippen LogP contribution in [0.15, 0.2) is 67.0 Å². The fourth-order valence-electron chi connectivity index (χ4n) is 2.74. The second-order valence-corrected chi connectivity index (χ2v) is 6.62. The van der Waals surface area contributed by atoms with Gasteiger partial charge >= 0.3 is 0 Å². The number of nitrogens with zero attached hydrogens (tertiary/aromatic N) is 3. The number of aromatic nitrogens is 4. The maximum atomic E-state index is 13.0. The number of amides is 1. The Kier molecular flexibility index (Phi) is 4.90. The van der Waals surface area contributed by atoms with Crippen molar-refractivity contribution in [3.8, 4) is 11.3 Å². The van der Waals surface area contributed by atoms with E-state index < -0.39 is 0 Å². The van der Waals surface area contributed by atoms with Crippen molar-refractivity contribution < 1.29 is 9.18 Å². The molecular formula is C20H15ClFN5O. The summed E-state index contributed by atoms with van der Waals surface area (Å²) < 4.78 is 14.7. The van der Waals surface area contributed by atoms with Crippen LogP contribution in [0.2, 0.25) is 5.02 Å². The first-order chi connectivity index (χ1) is 13.6. The smallest absolute Gasteiger partial charge is 0.273 e. The molecule has 0 spiro atoms. The zero-order chi connectivity index (χ0) is 19.5. The van der Waals surface area contributed by atoms with Gasteiger partial charge < -0.3 is 5.32 Å². The summed E-state index contributed by atoms with van der Waals surface area (Å²) in [5.74, 6) is -0.671. The zero-order valence-corrected chi connectivity index (χ0v) is 15.3. The number of hydrogen-bond donors (Lipinski definition) is 2. The molecular weight excluding hydrogens is 381 g/mol. The number of anilines is 1. The Morgan fingerprint density at radius 1 is 1.18 bits per heavy atom. The summed E-state index contributed by atoms with van der Waals surface area (Å²) >= 11 is 5.99. The molecule has 6 nitrogen and oxygen atoms in total. The molecule has 0 aliphatic carbocycles. The summed E-state index contributed by atoms with van der Waals surface area (Å²) in [6, 6.07) is 15.0. The number of rotatable bonds is 5. The van der Waals surface area contributed by atoms with Crippen molar-refractivity contribution in [3.63, 3.8) is 0 Å². The molecule has 0 saturated carbocycles. The molecule has 1 amide bonds. The summed E-state index contributed by atoms with van der Waals surface area (Å²) in [5.41, 5.74) is 3.13. The maximum absolute atomic E-state index is 13.0. The van der Waals surface area contributed by atoms with Crippen LogP contribution >= 0.6 is 11.6 Å². The molecule has 2 heterocycles. The average Bonchev–Trinajstić information content (AvgIpc) is 3.32. The number of nitrogens with one attached hydrogen (secondary N) is 2. The van der Waals surface area contributed by atoms with E-state index in [0.29, 0.717) is 34.2 Å². The minimum atomic E-state index is -0.344. The predicted molar refractivity (Wildman–Crippen MR) is 105 cm³/mol. The lowest BCUT2D eigenvalue weighted by Gasteiger charge is -2.02. The fourth-order valence-corrected chi connectivity index (χ4v) is 2.95. The van der Waals surface area contributed by atoms with Crippen LogP contribution in [0.5, 0.6) is 0 Å². The number of carbonyl (C=O) groups excluding carboxylic acids is 1. The quantitative estimate of drug-likeness (QED) is 0.527. The SMILES string of the molecule is O=C(Nc1cnn(Cc2cccc(Cl)c2)c1)c1cc(-c2ccc(F)cc2)n[nH]1. The van der Waals surface area contributed by atoms with Crippen molar-refractivity contribution in [1.29, 1.82) is 0 Å². The van der Waals surface area contributed by atoms with Crippen LogP contribution in [0.1, 0.15) is 16.1 Å². The number of aromatic amines is 1. The van der Waals surface area contributed by atoms with Crippen LogP contribution < -0.4 is 5.32 Å². The van der Waals surface area contributed by atoms with Crippen molar-refractivity contribution >= 4 is 23.2 Å². The lowest BCUT2D eigenvalue weighted by atomic mass is 10.1. The van der Waals surface area contributed by atoms with Gasteiger partial charge in [-0.2, -0.15) is 10.2 Å². The molecule has 0 saturated heterocycles. The van der Waals surface area contributed by atoms with Gasteiger partial charge in [0.05, 0.1) is 24.1 Å². The largest absolute Gasteiger partial charge is 0.318 e. The van der Waals surface area contributed by atoms with E-state index in [1.54, 1.807) is 35.3 Å². The summed E-state index contributed by atoms with van der Waals surface area (Å²) in [6.45, 7) is 0.537. The molecule has 2 aromatic heterocycles. The Morgan fingerprint density at radius 2 is 2.00 bits per heavy atom. The van der Waals surface area contributed by atoms with Gasteiger partial charge in [-0.25, -0.2) is 4.39 Å². The molecule has 0 unspecified atom stereocenters. The molecule has 0 radical (unpaired) electrons. The van der Waals surface area contributed by atoms with Crippen LogP contribution in [-0.4, -0.2) is 25.9 Å². The molecule has 0 bridgehead atoms. The highest BCUT2D eigenvalue weighted by molar-refractivity contribution is 6.30. The molecule has 28 heavy (non-hydrogen) atoms. The third kappa shape index (κ3) is 4.10. The van der Waals surface area contributed by atoms with Crippen LogP contribution in [0, 0.1) is 5.82 Å². The number of benzene rings is 2. The average molecular weight is 396 g/mol. The topological polar surface area (TPSA) is 75.6 Å². The normalized spacial score (nSPS) is 10.8. The van der Waals surface area contributed by atoms with E-state index in [4.69, 9.17) is 11.6 Å². The van der Waals surface area contributed by atoms with E-state index in [2.05, 4.69) is 20.6 Å². The summed E-state index contributed by atoms with van der Waals surface area (Å²) in [6.07, 6.45) is 3.30. The predicted octanol–water partition coefficient (Wildman–Crippen LogP) is 4.37. The van der Waals surface area contributed by atoms with E-state index in [1.165, 1.54) is 12.1 Å². The molecule has 4 rings (SSSR count). The second kappa shape index (κ2) is 7.66. The molecule has 0 aliphatic rings. The van der Waals surface area contributed by atoms with E-state index in [0.717, 1.165) is 5.56 Å². The van der Waals surface area contributed by atoms with Crippen molar-refractivity contribution in [3.05, 3.63) is 89.1 Å². The highest BCUT2D eigenvalue weighted by Gasteiger charge is 2.12. The minimum absolute atomic E-state index is 0.293. The Hall–Kier alpha value is -3.45. The molecule has 2 N–H and O–H groups in total. The van der Waals surface area contributed by atoms with E-state index in [9.17, 15) is 9.18 Å². The number of carbonyl (C=O) groups is 1. The van der Waals surface area contributed by atoms with Gasteiger partial charge in [-0.3, -0.25) is 14.6 Å². The standard InChI is InChI=1S/C20H15ClFN5O/c21-15-3-1-2-13(8-15)11-27-12-17(10-23-27)24-20(28)19-9-18(25-26-19)14-4-6-16(22)7-5-14/h1-10,12H,11H2,(H,24,28)(H,25,26). The Bertz CT molecular complexity index is 1120. The molecule has 0 aliphatic heterocycles. The highest BCUT2D eigenvalue weighted by atomic mass is 35.5. The van der Waals surface area contributed by atoms with E-state index >= 15 is 0 Å². The number of H-pyrrole nitrogens is 1. The lowest BCUT2D eigenvalue weighted by Crippen LogP contribution is -2.11. The van der Waals surface area contributed by atoms with E-state index in [1.807, 2.05) is 24.3 Å². The zero-order valence-electron chi connectivity index (χ0n) is 14.6. The number of hydrogen-bond acceptors (Lipinski definition) is 3. The minimum Gasteiger partial charge on any atom is -0.318 e. The van der Waals surface area contributed by atoms with Gasteiger partial charge in [0.15, 0.2) is 0 Å². The van der Waals surface area contributed by atoms with Gasteiger partial charge in [0.25, 0.3) is 5.91 Å². The van der Waals surface area contributed by atoms with Gasteiger partial charge in [-0.1, -0.05) is 23.7 Å². The lowest BCUT2D eigenvalue weighted by molar-refractivity contribution is 0.102. The first kappa shape index (κ1) is 17.9. The van der Waals surface area contributed by atoms with Crippen LogP contribution in [0.25, 0.3) is 11.3 Å². The Balaban J connectivity index is 1.43. The molecule has 0 fully saturated rings. The summed E-state index contributed by atoms with van der Waals surface area (Å²) in [5, 5.41) is 14.5. The monoisotopic (exact) mass is 395 g/mol. The van der Waals surface area contributed by atoms with Gasteiger partial charge in [0.1, 0.15) is 11.5 Å². The van der Waals surface area contributed by atoms with Crippen molar-refractivity contribution in [2.24, 2.45) is 0 Å². The second-order valence-electron chi connectivity index (χ2n) is 6.18. The molecule has 4 aromatic rings. The molecule has 140 valence electrons. The third-order valence-electron chi connectivity index (χ3n) is 4.09. The fraction of sp³-hybridized carbons (Fsp3) is 0.0500. The Morgan fingerprint density at radius 3 is 2.79 bits per heavy atom. The van der Waals surface area contributed by atoms with Crippen molar-refractivity contribution in [2.45, 2.75) is 6.54 Å². The highest BCUT2D eigenvalue weighted by Crippen LogP contribution is 2.19. The first-order valence-corrected chi connectivity index (χ1v) is 8.84. The number of halogens is 2. The Labute approximate surface area is 165 Å². The van der Waals surface area contributed by atoms with Gasteiger partial charge in [0.2, 0.25) is 0 Å². The van der Waals surface area contributed by atoms with Gasteiger partial charge in [-0.05, 0) is 48.0 Å². The molecule has 8 heteroatoms. The maximum Gasteiger partial charge on any atom is 0.273 e. The van der Waals surface area contributed by atoms with Crippen molar-refractivity contribution in [2.75, 3.05) is 5.32 Å². The first-order valence-electron chi connectivity index (χ1n) is 8.46. The summed E-state index contributed by atoms with van der Waals surface area (Å²) in [7, 11) is 0. The summed E-state index contributed by atoms with van der Waals surface area (Å²) in [4.78, 5) is 12.4. The molecule has 2 aromatic carbocycles. The third-order valence-corrected chi connectivity index (χ3v) is 4.32.